The molecule has 2 fully saturated rings. The van der Waals surface area contributed by atoms with Gasteiger partial charge < -0.3 is 14.2 Å². The lowest BCUT2D eigenvalue weighted by atomic mass is 10.1. The summed E-state index contributed by atoms with van der Waals surface area (Å²) in [5, 5.41) is 3.85. The van der Waals surface area contributed by atoms with E-state index < -0.39 is 5.92 Å². The zero-order valence-corrected chi connectivity index (χ0v) is 15.0. The van der Waals surface area contributed by atoms with E-state index in [-0.39, 0.29) is 24.9 Å². The van der Waals surface area contributed by atoms with Crippen molar-refractivity contribution in [3.05, 3.63) is 41.0 Å². The molecule has 0 unspecified atom stereocenters. The fourth-order valence-electron chi connectivity index (χ4n) is 3.92. The van der Waals surface area contributed by atoms with Crippen molar-refractivity contribution in [3.63, 3.8) is 0 Å². The Labute approximate surface area is 156 Å². The molecule has 0 radical (unpaired) electrons. The van der Waals surface area contributed by atoms with Gasteiger partial charge in [0.25, 0.3) is 0 Å². The van der Waals surface area contributed by atoms with Crippen LogP contribution in [-0.4, -0.2) is 28.6 Å². The third-order valence-electron chi connectivity index (χ3n) is 5.61. The van der Waals surface area contributed by atoms with Gasteiger partial charge in [-0.05, 0) is 55.4 Å². The van der Waals surface area contributed by atoms with E-state index in [0.717, 1.165) is 31.4 Å². The highest BCUT2D eigenvalue weighted by Gasteiger charge is 2.37. The lowest BCUT2D eigenvalue weighted by Crippen LogP contribution is -2.26. The van der Waals surface area contributed by atoms with Gasteiger partial charge >= 0.3 is 5.97 Å². The Bertz CT molecular complexity index is 902. The Morgan fingerprint density at radius 1 is 1.26 bits per heavy atom. The highest BCUT2D eigenvalue weighted by atomic mass is 16.5. The molecule has 2 aliphatic carbocycles. The molecule has 27 heavy (non-hydrogen) atoms. The van der Waals surface area contributed by atoms with Crippen LogP contribution < -0.4 is 4.90 Å². The van der Waals surface area contributed by atoms with Crippen molar-refractivity contribution in [1.82, 2.24) is 10.1 Å². The van der Waals surface area contributed by atoms with Crippen LogP contribution in [0.3, 0.4) is 0 Å². The molecule has 2 aromatic rings. The number of benzene rings is 1. The number of rotatable bonds is 5. The maximum atomic E-state index is 12.4. The molecule has 0 spiro atoms. The van der Waals surface area contributed by atoms with Crippen LogP contribution in [0, 0.1) is 5.92 Å². The molecular formula is C20H21N3O4. The molecule has 2 heterocycles. The number of aryl methyl sites for hydroxylation is 2. The number of hydrogen-bond donors (Lipinski definition) is 0. The average Bonchev–Trinajstić information content (AvgIpc) is 3.08. The summed E-state index contributed by atoms with van der Waals surface area (Å²) in [6.45, 7) is 0.342. The maximum absolute atomic E-state index is 12.4. The van der Waals surface area contributed by atoms with E-state index >= 15 is 0 Å². The molecule has 7 nitrogen and oxygen atoms in total. The van der Waals surface area contributed by atoms with Crippen molar-refractivity contribution in [3.8, 4) is 0 Å². The first-order valence-electron chi connectivity index (χ1n) is 9.58. The third-order valence-corrected chi connectivity index (χ3v) is 5.61. The van der Waals surface area contributed by atoms with Crippen LogP contribution in [0.2, 0.25) is 0 Å². The predicted octanol–water partition coefficient (Wildman–Crippen LogP) is 2.53. The molecule has 1 aromatic heterocycles. The number of aromatic nitrogens is 2. The number of anilines is 1. The molecule has 0 bridgehead atoms. The molecule has 1 saturated heterocycles. The molecular weight excluding hydrogens is 346 g/mol. The molecule has 3 aliphatic rings. The third kappa shape index (κ3) is 3.22. The first-order valence-corrected chi connectivity index (χ1v) is 9.58. The zero-order chi connectivity index (χ0) is 18.4. The molecule has 1 amide bonds. The summed E-state index contributed by atoms with van der Waals surface area (Å²) in [5.41, 5.74) is 3.56. The van der Waals surface area contributed by atoms with E-state index in [2.05, 4.69) is 22.3 Å². The van der Waals surface area contributed by atoms with Crippen molar-refractivity contribution in [2.45, 2.75) is 51.0 Å². The average molecular weight is 367 g/mol. The van der Waals surface area contributed by atoms with Crippen LogP contribution in [0.1, 0.15) is 54.4 Å². The van der Waals surface area contributed by atoms with Gasteiger partial charge in [0.1, 0.15) is 0 Å². The Hall–Kier alpha value is -2.70. The first kappa shape index (κ1) is 16.5. The molecule has 0 N–H and O–H groups in total. The van der Waals surface area contributed by atoms with Gasteiger partial charge in [0, 0.05) is 24.6 Å². The van der Waals surface area contributed by atoms with Crippen molar-refractivity contribution >= 4 is 17.6 Å². The van der Waals surface area contributed by atoms with Gasteiger partial charge in [-0.15, -0.1) is 0 Å². The second kappa shape index (κ2) is 6.48. The van der Waals surface area contributed by atoms with Gasteiger partial charge in [-0.2, -0.15) is 4.98 Å². The second-order valence-electron chi connectivity index (χ2n) is 7.64. The quantitative estimate of drug-likeness (QED) is 0.755. The normalized spacial score (nSPS) is 21.6. The first-order chi connectivity index (χ1) is 13.2. The van der Waals surface area contributed by atoms with Gasteiger partial charge in [-0.1, -0.05) is 11.2 Å². The summed E-state index contributed by atoms with van der Waals surface area (Å²) < 4.78 is 10.5. The van der Waals surface area contributed by atoms with Crippen molar-refractivity contribution < 1.29 is 18.8 Å². The van der Waals surface area contributed by atoms with E-state index in [1.807, 2.05) is 6.07 Å². The summed E-state index contributed by atoms with van der Waals surface area (Å²) in [7, 11) is 0. The molecule has 1 aromatic carbocycles. The van der Waals surface area contributed by atoms with Gasteiger partial charge in [0.05, 0.1) is 5.92 Å². The minimum absolute atomic E-state index is 0.0153. The highest BCUT2D eigenvalue weighted by Crippen LogP contribution is 2.38. The van der Waals surface area contributed by atoms with E-state index in [9.17, 15) is 9.59 Å². The van der Waals surface area contributed by atoms with Crippen LogP contribution in [0.15, 0.2) is 22.7 Å². The smallest absolute Gasteiger partial charge is 0.311 e. The van der Waals surface area contributed by atoms with Crippen LogP contribution in [0.25, 0.3) is 0 Å². The molecule has 1 atom stereocenters. The van der Waals surface area contributed by atoms with Crippen LogP contribution in [0.4, 0.5) is 5.69 Å². The van der Waals surface area contributed by atoms with Crippen molar-refractivity contribution in [2.24, 2.45) is 5.92 Å². The Morgan fingerprint density at radius 2 is 2.11 bits per heavy atom. The monoisotopic (exact) mass is 367 g/mol. The number of fused-ring (bicyclic) bond motifs is 1. The standard InChI is InChI=1S/C20H21N3O4/c24-18-9-15(10-23(18)16-7-6-12-2-1-3-14(12)8-16)20(25)26-11-17-21-19(27-22-17)13-4-5-13/h6-8,13,15H,1-5,9-11H2/t15-/m0/s1. The SMILES string of the molecule is O=C(OCc1noc(C2CC2)n1)[C@H]1CC(=O)N(c2ccc3c(c2)CCC3)C1. The number of nitrogens with zero attached hydrogens (tertiary/aromatic N) is 3. The second-order valence-corrected chi connectivity index (χ2v) is 7.64. The number of carbonyl (C=O) groups excluding carboxylic acids is 2. The van der Waals surface area contributed by atoms with E-state index in [1.54, 1.807) is 4.90 Å². The lowest BCUT2D eigenvalue weighted by molar-refractivity contribution is -0.149. The molecule has 5 rings (SSSR count). The van der Waals surface area contributed by atoms with Gasteiger partial charge in [0.15, 0.2) is 6.61 Å². The van der Waals surface area contributed by atoms with E-state index in [0.29, 0.717) is 24.2 Å². The molecule has 1 aliphatic heterocycles. The van der Waals surface area contributed by atoms with Crippen LogP contribution in [-0.2, 0) is 33.8 Å². The lowest BCUT2D eigenvalue weighted by Gasteiger charge is -2.17. The highest BCUT2D eigenvalue weighted by molar-refractivity contribution is 5.99. The number of esters is 1. The number of amides is 1. The predicted molar refractivity (Wildman–Crippen MR) is 95.0 cm³/mol. The number of ether oxygens (including phenoxy) is 1. The van der Waals surface area contributed by atoms with Crippen LogP contribution in [0.5, 0.6) is 0 Å². The van der Waals surface area contributed by atoms with E-state index in [4.69, 9.17) is 9.26 Å². The molecule has 140 valence electrons. The summed E-state index contributed by atoms with van der Waals surface area (Å²) in [6, 6.07) is 6.17. The van der Waals surface area contributed by atoms with Gasteiger partial charge in [-0.3, -0.25) is 9.59 Å². The number of hydrogen-bond acceptors (Lipinski definition) is 6. The summed E-state index contributed by atoms with van der Waals surface area (Å²) >= 11 is 0. The fraction of sp³-hybridized carbons (Fsp3) is 0.500. The summed E-state index contributed by atoms with van der Waals surface area (Å²) in [6.07, 6.45) is 5.66. The fourth-order valence-corrected chi connectivity index (χ4v) is 3.92. The van der Waals surface area contributed by atoms with Crippen molar-refractivity contribution in [1.29, 1.82) is 0 Å². The number of carbonyl (C=O) groups is 2. The maximum Gasteiger partial charge on any atom is 0.311 e. The minimum Gasteiger partial charge on any atom is -0.457 e. The Morgan fingerprint density at radius 3 is 2.96 bits per heavy atom. The minimum atomic E-state index is -0.458. The van der Waals surface area contributed by atoms with Crippen molar-refractivity contribution in [2.75, 3.05) is 11.4 Å². The largest absolute Gasteiger partial charge is 0.457 e. The summed E-state index contributed by atoms with van der Waals surface area (Å²) in [5.74, 6) is 0.496. The molecule has 7 heteroatoms. The molecule has 1 saturated carbocycles. The Kier molecular flexibility index (Phi) is 3.95. The topological polar surface area (TPSA) is 85.5 Å². The summed E-state index contributed by atoms with van der Waals surface area (Å²) in [4.78, 5) is 30.8. The van der Waals surface area contributed by atoms with Gasteiger partial charge in [-0.25, -0.2) is 0 Å². The zero-order valence-electron chi connectivity index (χ0n) is 15.0. The Balaban J connectivity index is 1.21. The van der Waals surface area contributed by atoms with Gasteiger partial charge in [0.2, 0.25) is 17.6 Å². The van der Waals surface area contributed by atoms with Crippen LogP contribution >= 0.6 is 0 Å². The van der Waals surface area contributed by atoms with E-state index in [1.165, 1.54) is 17.5 Å².